The van der Waals surface area contributed by atoms with Gasteiger partial charge in [0.1, 0.15) is 0 Å². The van der Waals surface area contributed by atoms with Gasteiger partial charge in [0.2, 0.25) is 0 Å². The van der Waals surface area contributed by atoms with E-state index in [4.69, 9.17) is 9.47 Å². The van der Waals surface area contributed by atoms with Crippen molar-refractivity contribution in [3.8, 4) is 0 Å². The summed E-state index contributed by atoms with van der Waals surface area (Å²) in [4.78, 5) is 0. The van der Waals surface area contributed by atoms with Gasteiger partial charge in [0.05, 0.1) is 19.3 Å². The van der Waals surface area contributed by atoms with Crippen LogP contribution in [0, 0.1) is 46.3 Å². The quantitative estimate of drug-likeness (QED) is 0.540. The number of aliphatic hydroxyl groups excluding tert-OH is 1. The number of hydrogen-bond donors (Lipinski definition) is 1. The van der Waals surface area contributed by atoms with Crippen molar-refractivity contribution in [2.75, 3.05) is 13.2 Å². The molecule has 0 spiro atoms. The first kappa shape index (κ1) is 23.3. The van der Waals surface area contributed by atoms with Gasteiger partial charge in [0.25, 0.3) is 0 Å². The van der Waals surface area contributed by atoms with Gasteiger partial charge in [-0.2, -0.15) is 0 Å². The highest BCUT2D eigenvalue weighted by atomic mass is 16.7. The fourth-order valence-corrected chi connectivity index (χ4v) is 10.1. The van der Waals surface area contributed by atoms with Crippen molar-refractivity contribution in [1.82, 2.24) is 0 Å². The lowest BCUT2D eigenvalue weighted by Crippen LogP contribution is -2.57. The standard InChI is InChI=1S/C31H44O3/c1-20(21-8-6-5-7-9-21)24-19-30(3)22(18-27(24)32)10-11-23-25-12-13-28(31(4)33-16-17-34-31)29(25,2)15-14-26(23)30/h5-9,22-28,32H,1,10-19H2,2-4H3/t22-,23-,24?,25-,26-,27-,28-,29-,30-/m0/s1. The second-order valence-electron chi connectivity index (χ2n) is 13.0. The molecule has 0 amide bonds. The molecule has 4 saturated carbocycles. The first-order valence-corrected chi connectivity index (χ1v) is 14.0. The predicted octanol–water partition coefficient (Wildman–Crippen LogP) is 6.71. The summed E-state index contributed by atoms with van der Waals surface area (Å²) in [6.07, 6.45) is 9.57. The summed E-state index contributed by atoms with van der Waals surface area (Å²) in [5.41, 5.74) is 2.96. The molecular formula is C31H44O3. The largest absolute Gasteiger partial charge is 0.392 e. The molecule has 1 aromatic rings. The molecule has 4 aliphatic carbocycles. The minimum atomic E-state index is -0.384. The fourth-order valence-electron chi connectivity index (χ4n) is 10.1. The summed E-state index contributed by atoms with van der Waals surface area (Å²) >= 11 is 0. The van der Waals surface area contributed by atoms with E-state index < -0.39 is 0 Å². The number of benzene rings is 1. The monoisotopic (exact) mass is 464 g/mol. The summed E-state index contributed by atoms with van der Waals surface area (Å²) < 4.78 is 12.4. The summed E-state index contributed by atoms with van der Waals surface area (Å²) in [6, 6.07) is 10.6. The number of rotatable bonds is 3. The Bertz CT molecular complexity index is 920. The van der Waals surface area contributed by atoms with E-state index in [1.54, 1.807) is 0 Å². The SMILES string of the molecule is C=C(c1ccccc1)C1C[C@@]2(C)[C@@H](CC[C@@H]3[C@@H]2CC[C@]2(C)[C@@H](C4(C)OCCO4)CC[C@@H]32)C[C@@H]1O. The van der Waals surface area contributed by atoms with Gasteiger partial charge in [0.15, 0.2) is 5.79 Å². The van der Waals surface area contributed by atoms with E-state index in [0.29, 0.717) is 22.7 Å². The maximum atomic E-state index is 11.2. The summed E-state index contributed by atoms with van der Waals surface area (Å²) in [5.74, 6) is 3.29. The highest BCUT2D eigenvalue weighted by Crippen LogP contribution is 2.69. The van der Waals surface area contributed by atoms with Crippen molar-refractivity contribution in [1.29, 1.82) is 0 Å². The normalized spacial score (nSPS) is 47.5. The molecule has 9 atom stereocenters. The molecule has 1 N–H and O–H groups in total. The van der Waals surface area contributed by atoms with Crippen LogP contribution >= 0.6 is 0 Å². The first-order chi connectivity index (χ1) is 16.3. The molecule has 1 aromatic carbocycles. The van der Waals surface area contributed by atoms with Gasteiger partial charge in [-0.05, 0) is 104 Å². The Balaban J connectivity index is 1.26. The smallest absolute Gasteiger partial charge is 0.169 e. The zero-order valence-corrected chi connectivity index (χ0v) is 21.5. The van der Waals surface area contributed by atoms with E-state index in [9.17, 15) is 5.11 Å². The van der Waals surface area contributed by atoms with Gasteiger partial charge >= 0.3 is 0 Å². The zero-order chi connectivity index (χ0) is 23.7. The van der Waals surface area contributed by atoms with Crippen LogP contribution in [0.4, 0.5) is 0 Å². The number of fused-ring (bicyclic) bond motifs is 5. The van der Waals surface area contributed by atoms with Crippen LogP contribution in [0.5, 0.6) is 0 Å². The Hall–Kier alpha value is -1.16. The number of aliphatic hydroxyl groups is 1. The van der Waals surface area contributed by atoms with Crippen molar-refractivity contribution in [2.24, 2.45) is 46.3 Å². The minimum absolute atomic E-state index is 0.172. The molecule has 34 heavy (non-hydrogen) atoms. The van der Waals surface area contributed by atoms with E-state index in [2.05, 4.69) is 57.7 Å². The Morgan fingerprint density at radius 1 is 0.912 bits per heavy atom. The van der Waals surface area contributed by atoms with Crippen molar-refractivity contribution < 1.29 is 14.6 Å². The number of ether oxygens (including phenoxy) is 2. The van der Waals surface area contributed by atoms with Crippen molar-refractivity contribution >= 4 is 5.57 Å². The summed E-state index contributed by atoms with van der Waals surface area (Å²) in [5, 5.41) is 11.2. The lowest BCUT2D eigenvalue weighted by atomic mass is 9.43. The van der Waals surface area contributed by atoms with Gasteiger partial charge in [-0.1, -0.05) is 50.8 Å². The topological polar surface area (TPSA) is 38.7 Å². The molecule has 1 unspecified atom stereocenters. The van der Waals surface area contributed by atoms with Gasteiger partial charge in [0, 0.05) is 11.8 Å². The minimum Gasteiger partial charge on any atom is -0.392 e. The summed E-state index contributed by atoms with van der Waals surface area (Å²) in [7, 11) is 0. The van der Waals surface area contributed by atoms with Crippen molar-refractivity contribution in [3.05, 3.63) is 42.5 Å². The predicted molar refractivity (Wildman–Crippen MR) is 136 cm³/mol. The molecule has 6 rings (SSSR count). The third-order valence-electron chi connectivity index (χ3n) is 11.8. The van der Waals surface area contributed by atoms with Gasteiger partial charge < -0.3 is 14.6 Å². The second-order valence-corrected chi connectivity index (χ2v) is 13.0. The third kappa shape index (κ3) is 3.33. The molecule has 1 heterocycles. The molecule has 5 fully saturated rings. The van der Waals surface area contributed by atoms with Crippen LogP contribution in [0.3, 0.4) is 0 Å². The van der Waals surface area contributed by atoms with Crippen molar-refractivity contribution in [3.63, 3.8) is 0 Å². The molecule has 1 aliphatic heterocycles. The van der Waals surface area contributed by atoms with Crippen LogP contribution in [0.25, 0.3) is 5.57 Å². The Morgan fingerprint density at radius 3 is 2.35 bits per heavy atom. The van der Waals surface area contributed by atoms with E-state index >= 15 is 0 Å². The van der Waals surface area contributed by atoms with Crippen LogP contribution in [0.1, 0.15) is 77.7 Å². The maximum Gasteiger partial charge on any atom is 0.169 e. The lowest BCUT2D eigenvalue weighted by Gasteiger charge is -2.62. The van der Waals surface area contributed by atoms with Crippen LogP contribution in [-0.4, -0.2) is 30.2 Å². The van der Waals surface area contributed by atoms with Gasteiger partial charge in [-0.25, -0.2) is 0 Å². The molecule has 186 valence electrons. The van der Waals surface area contributed by atoms with E-state index in [-0.39, 0.29) is 17.8 Å². The number of hydrogen-bond acceptors (Lipinski definition) is 3. The van der Waals surface area contributed by atoms with Crippen molar-refractivity contribution in [2.45, 2.75) is 84.0 Å². The van der Waals surface area contributed by atoms with E-state index in [0.717, 1.165) is 49.4 Å². The molecule has 0 aromatic heterocycles. The molecule has 5 aliphatic rings. The Kier molecular flexibility index (Phi) is 5.59. The first-order valence-electron chi connectivity index (χ1n) is 14.0. The van der Waals surface area contributed by atoms with E-state index in [1.165, 1.54) is 44.1 Å². The molecular weight excluding hydrogens is 420 g/mol. The van der Waals surface area contributed by atoms with E-state index in [1.807, 2.05) is 0 Å². The molecule has 3 nitrogen and oxygen atoms in total. The molecule has 0 radical (unpaired) electrons. The Morgan fingerprint density at radius 2 is 1.62 bits per heavy atom. The maximum absolute atomic E-state index is 11.2. The van der Waals surface area contributed by atoms with Gasteiger partial charge in [-0.3, -0.25) is 0 Å². The lowest BCUT2D eigenvalue weighted by molar-refractivity contribution is -0.219. The highest BCUT2D eigenvalue weighted by Gasteiger charge is 2.64. The molecule has 1 saturated heterocycles. The molecule has 0 bridgehead atoms. The second kappa shape index (κ2) is 8.18. The van der Waals surface area contributed by atoms with Crippen LogP contribution in [0.15, 0.2) is 36.9 Å². The van der Waals surface area contributed by atoms with Gasteiger partial charge in [-0.15, -0.1) is 0 Å². The van der Waals surface area contributed by atoms with Crippen LogP contribution < -0.4 is 0 Å². The Labute approximate surface area is 206 Å². The van der Waals surface area contributed by atoms with Crippen LogP contribution in [0.2, 0.25) is 0 Å². The zero-order valence-electron chi connectivity index (χ0n) is 21.5. The third-order valence-corrected chi connectivity index (χ3v) is 11.8. The van der Waals surface area contributed by atoms with Crippen LogP contribution in [-0.2, 0) is 9.47 Å². The highest BCUT2D eigenvalue weighted by molar-refractivity contribution is 5.66. The average Bonchev–Trinajstić information content (AvgIpc) is 3.43. The fraction of sp³-hybridized carbons (Fsp3) is 0.742. The average molecular weight is 465 g/mol. The summed E-state index contributed by atoms with van der Waals surface area (Å²) in [6.45, 7) is 13.4. The molecule has 3 heteroatoms.